The van der Waals surface area contributed by atoms with Crippen LogP contribution in [0, 0.1) is 0 Å². The Bertz CT molecular complexity index is 1090. The van der Waals surface area contributed by atoms with Gasteiger partial charge in [-0.05, 0) is 60.7 Å². The molecular weight excluding hydrogens is 428 g/mol. The second-order valence-electron chi connectivity index (χ2n) is 9.58. The van der Waals surface area contributed by atoms with Crippen LogP contribution >= 0.6 is 11.3 Å². The lowest BCUT2D eigenvalue weighted by Gasteiger charge is -2.30. The average molecular weight is 461 g/mol. The van der Waals surface area contributed by atoms with Gasteiger partial charge in [-0.25, -0.2) is 4.98 Å². The molecule has 1 N–H and O–H groups in total. The fourth-order valence-corrected chi connectivity index (χ4v) is 5.16. The third kappa shape index (κ3) is 6.15. The van der Waals surface area contributed by atoms with Gasteiger partial charge in [0, 0.05) is 35.9 Å². The fraction of sp³-hybridized carbons (Fsp3) is 0.370. The molecule has 0 aliphatic carbocycles. The molecular formula is C27H32N4OS. The highest BCUT2D eigenvalue weighted by Gasteiger charge is 2.24. The summed E-state index contributed by atoms with van der Waals surface area (Å²) in [6, 6.07) is 12.0. The number of thiazole rings is 1. The fourth-order valence-electron chi connectivity index (χ4n) is 4.19. The van der Waals surface area contributed by atoms with Crippen molar-refractivity contribution >= 4 is 29.0 Å². The average Bonchev–Trinajstić information content (AvgIpc) is 3.30. The molecule has 0 saturated carbocycles. The Morgan fingerprint density at radius 2 is 1.88 bits per heavy atom. The lowest BCUT2D eigenvalue weighted by molar-refractivity contribution is 0.102. The molecule has 1 aromatic carbocycles. The van der Waals surface area contributed by atoms with Crippen LogP contribution < -0.4 is 5.32 Å². The maximum absolute atomic E-state index is 12.9. The topological polar surface area (TPSA) is 58.1 Å². The minimum atomic E-state index is -0.132. The van der Waals surface area contributed by atoms with Crippen molar-refractivity contribution in [2.75, 3.05) is 25.0 Å². The van der Waals surface area contributed by atoms with Crippen LogP contribution in [0.3, 0.4) is 0 Å². The number of pyridine rings is 1. The molecule has 1 aliphatic rings. The summed E-state index contributed by atoms with van der Waals surface area (Å²) in [5.41, 5.74) is 3.63. The summed E-state index contributed by atoms with van der Waals surface area (Å²) in [7, 11) is 0. The Balaban J connectivity index is 1.31. The maximum Gasteiger partial charge on any atom is 0.275 e. The number of benzene rings is 1. The summed E-state index contributed by atoms with van der Waals surface area (Å²) in [5, 5.41) is 6.06. The van der Waals surface area contributed by atoms with Gasteiger partial charge in [-0.2, -0.15) is 0 Å². The third-order valence-corrected chi connectivity index (χ3v) is 7.06. The zero-order valence-corrected chi connectivity index (χ0v) is 20.4. The van der Waals surface area contributed by atoms with Crippen molar-refractivity contribution in [3.8, 4) is 0 Å². The van der Waals surface area contributed by atoms with E-state index in [0.717, 1.165) is 48.7 Å². The molecule has 0 atom stereocenters. The molecule has 1 aliphatic heterocycles. The van der Waals surface area contributed by atoms with Crippen molar-refractivity contribution < 1.29 is 4.79 Å². The SMILES string of the molecule is CC(C)(C)c1ccccc1NC(=O)c1csc(C2CCN(C/C=C\c3ccncc3)CC2)n1. The number of hydrogen-bond acceptors (Lipinski definition) is 5. The third-order valence-electron chi connectivity index (χ3n) is 6.05. The molecule has 4 rings (SSSR count). The molecule has 3 heterocycles. The largest absolute Gasteiger partial charge is 0.320 e. The van der Waals surface area contributed by atoms with Crippen LogP contribution in [0.5, 0.6) is 0 Å². The number of likely N-dealkylation sites (tertiary alicyclic amines) is 1. The molecule has 0 spiro atoms. The van der Waals surface area contributed by atoms with E-state index in [1.54, 1.807) is 11.3 Å². The van der Waals surface area contributed by atoms with E-state index in [4.69, 9.17) is 4.98 Å². The summed E-state index contributed by atoms with van der Waals surface area (Å²) >= 11 is 1.61. The number of rotatable bonds is 6. The number of nitrogens with one attached hydrogen (secondary N) is 1. The molecule has 0 bridgehead atoms. The van der Waals surface area contributed by atoms with E-state index in [0.29, 0.717) is 11.6 Å². The summed E-state index contributed by atoms with van der Waals surface area (Å²) in [6.07, 6.45) is 10.2. The number of anilines is 1. The van der Waals surface area contributed by atoms with Gasteiger partial charge in [0.25, 0.3) is 5.91 Å². The van der Waals surface area contributed by atoms with Crippen molar-refractivity contribution in [1.29, 1.82) is 0 Å². The first-order chi connectivity index (χ1) is 15.9. The van der Waals surface area contributed by atoms with Crippen LogP contribution in [0.1, 0.15) is 66.2 Å². The summed E-state index contributed by atoms with van der Waals surface area (Å²) in [4.78, 5) is 24.1. The Morgan fingerprint density at radius 3 is 2.61 bits per heavy atom. The van der Waals surface area contributed by atoms with Gasteiger partial charge in [-0.1, -0.05) is 51.1 Å². The molecule has 3 aromatic rings. The van der Waals surface area contributed by atoms with Gasteiger partial charge in [0.05, 0.1) is 5.01 Å². The van der Waals surface area contributed by atoms with E-state index >= 15 is 0 Å². The summed E-state index contributed by atoms with van der Waals surface area (Å²) in [5.74, 6) is 0.298. The zero-order chi connectivity index (χ0) is 23.3. The monoisotopic (exact) mass is 460 g/mol. The highest BCUT2D eigenvalue weighted by Crippen LogP contribution is 2.32. The number of hydrogen-bond donors (Lipinski definition) is 1. The Hall–Kier alpha value is -2.83. The lowest BCUT2D eigenvalue weighted by Crippen LogP contribution is -2.33. The highest BCUT2D eigenvalue weighted by molar-refractivity contribution is 7.10. The van der Waals surface area contributed by atoms with Gasteiger partial charge in [0.15, 0.2) is 0 Å². The van der Waals surface area contributed by atoms with E-state index in [9.17, 15) is 4.79 Å². The van der Waals surface area contributed by atoms with E-state index in [1.165, 1.54) is 5.56 Å². The molecule has 0 unspecified atom stereocenters. The number of para-hydroxylation sites is 1. The molecule has 1 fully saturated rings. The smallest absolute Gasteiger partial charge is 0.275 e. The van der Waals surface area contributed by atoms with E-state index in [2.05, 4.69) is 54.2 Å². The first kappa shape index (κ1) is 23.3. The molecule has 1 saturated heterocycles. The molecule has 1 amide bonds. The van der Waals surface area contributed by atoms with Crippen molar-refractivity contribution in [1.82, 2.24) is 14.9 Å². The van der Waals surface area contributed by atoms with Crippen molar-refractivity contribution in [3.63, 3.8) is 0 Å². The normalized spacial score (nSPS) is 15.7. The van der Waals surface area contributed by atoms with Crippen LogP contribution in [0.4, 0.5) is 5.69 Å². The van der Waals surface area contributed by atoms with Crippen LogP contribution in [0.2, 0.25) is 0 Å². The van der Waals surface area contributed by atoms with E-state index in [1.807, 2.05) is 48.1 Å². The lowest BCUT2D eigenvalue weighted by atomic mass is 9.86. The molecule has 0 radical (unpaired) electrons. The molecule has 6 heteroatoms. The molecule has 5 nitrogen and oxygen atoms in total. The van der Waals surface area contributed by atoms with Gasteiger partial charge < -0.3 is 5.32 Å². The van der Waals surface area contributed by atoms with E-state index < -0.39 is 0 Å². The minimum Gasteiger partial charge on any atom is -0.320 e. The van der Waals surface area contributed by atoms with Crippen LogP contribution in [-0.4, -0.2) is 40.4 Å². The highest BCUT2D eigenvalue weighted by atomic mass is 32.1. The number of carbonyl (C=O) groups is 1. The molecule has 2 aromatic heterocycles. The predicted octanol–water partition coefficient (Wildman–Crippen LogP) is 5.98. The van der Waals surface area contributed by atoms with Gasteiger partial charge in [-0.3, -0.25) is 14.7 Å². The van der Waals surface area contributed by atoms with Gasteiger partial charge >= 0.3 is 0 Å². The maximum atomic E-state index is 12.9. The van der Waals surface area contributed by atoms with Gasteiger partial charge in [-0.15, -0.1) is 11.3 Å². The van der Waals surface area contributed by atoms with Crippen molar-refractivity contribution in [3.05, 3.63) is 82.1 Å². The Kier molecular flexibility index (Phi) is 7.36. The molecule has 172 valence electrons. The minimum absolute atomic E-state index is 0.0431. The Labute approximate surface area is 200 Å². The second kappa shape index (κ2) is 10.4. The summed E-state index contributed by atoms with van der Waals surface area (Å²) in [6.45, 7) is 9.51. The second-order valence-corrected chi connectivity index (χ2v) is 10.5. The predicted molar refractivity (Wildman–Crippen MR) is 137 cm³/mol. The first-order valence-electron chi connectivity index (χ1n) is 11.6. The molecule has 33 heavy (non-hydrogen) atoms. The van der Waals surface area contributed by atoms with Gasteiger partial charge in [0.1, 0.15) is 5.69 Å². The van der Waals surface area contributed by atoms with Crippen molar-refractivity contribution in [2.45, 2.75) is 44.9 Å². The van der Waals surface area contributed by atoms with Crippen LogP contribution in [0.15, 0.2) is 60.2 Å². The quantitative estimate of drug-likeness (QED) is 0.492. The van der Waals surface area contributed by atoms with Crippen molar-refractivity contribution in [2.24, 2.45) is 0 Å². The van der Waals surface area contributed by atoms with E-state index in [-0.39, 0.29) is 11.3 Å². The first-order valence-corrected chi connectivity index (χ1v) is 12.4. The van der Waals surface area contributed by atoms with Gasteiger partial charge in [0.2, 0.25) is 0 Å². The van der Waals surface area contributed by atoms with Crippen LogP contribution in [-0.2, 0) is 5.41 Å². The Morgan fingerprint density at radius 1 is 1.15 bits per heavy atom. The number of piperidine rings is 1. The summed E-state index contributed by atoms with van der Waals surface area (Å²) < 4.78 is 0. The standard InChI is InChI=1S/C27H32N4OS/c1-27(2,3)22-8-4-5-9-23(22)29-25(32)24-19-33-26(30-24)21-12-17-31(18-13-21)16-6-7-20-10-14-28-15-11-20/h4-11,14-15,19,21H,12-13,16-18H2,1-3H3,(H,29,32)/b7-6-. The number of carbonyl (C=O) groups excluding carboxylic acids is 1. The zero-order valence-electron chi connectivity index (χ0n) is 19.6. The number of amides is 1. The number of aromatic nitrogens is 2. The number of nitrogens with zero attached hydrogens (tertiary/aromatic N) is 3. The van der Waals surface area contributed by atoms with Crippen LogP contribution in [0.25, 0.3) is 6.08 Å².